The molecule has 0 aromatic heterocycles. The molecule has 0 aliphatic carbocycles. The van der Waals surface area contributed by atoms with Gasteiger partial charge in [0.1, 0.15) is 6.29 Å². The summed E-state index contributed by atoms with van der Waals surface area (Å²) in [4.78, 5) is 10.8. The summed E-state index contributed by atoms with van der Waals surface area (Å²) >= 11 is 0. The summed E-state index contributed by atoms with van der Waals surface area (Å²) in [6.45, 7) is 4.28. The summed E-state index contributed by atoms with van der Waals surface area (Å²) in [5, 5.41) is 0. The van der Waals surface area contributed by atoms with Crippen LogP contribution in [-0.4, -0.2) is 6.29 Å². The van der Waals surface area contributed by atoms with Gasteiger partial charge in [-0.15, -0.1) is 0 Å². The van der Waals surface area contributed by atoms with Crippen LogP contribution < -0.4 is 0 Å². The lowest BCUT2D eigenvalue weighted by Gasteiger charge is -2.12. The molecular weight excluding hydrogens is 160 g/mol. The highest BCUT2D eigenvalue weighted by molar-refractivity contribution is 5.61. The molecule has 1 aromatic carbocycles. The maximum Gasteiger partial charge on any atom is 0.127 e. The van der Waals surface area contributed by atoms with Gasteiger partial charge in [0.25, 0.3) is 0 Å². The molecular formula is C12H16O. The van der Waals surface area contributed by atoms with Gasteiger partial charge in [-0.3, -0.25) is 0 Å². The van der Waals surface area contributed by atoms with Crippen molar-refractivity contribution in [1.82, 2.24) is 0 Å². The molecule has 70 valence electrons. The Morgan fingerprint density at radius 2 is 1.85 bits per heavy atom. The molecule has 0 unspecified atom stereocenters. The van der Waals surface area contributed by atoms with E-state index in [1.165, 1.54) is 0 Å². The molecule has 0 aliphatic rings. The standard InChI is InChI=1S/C12H16O/c1-10(2)8-12(9-13)11-6-4-3-5-7-11/h3-7,9-10,12H,8H2,1-2H3/t12-/m1/s1. The first-order valence-corrected chi connectivity index (χ1v) is 4.74. The molecule has 1 heteroatoms. The molecule has 1 atom stereocenters. The average Bonchev–Trinajstić information content (AvgIpc) is 2.15. The highest BCUT2D eigenvalue weighted by atomic mass is 16.1. The van der Waals surface area contributed by atoms with Crippen LogP contribution in [-0.2, 0) is 4.79 Å². The van der Waals surface area contributed by atoms with E-state index < -0.39 is 0 Å². The van der Waals surface area contributed by atoms with Crippen LogP contribution in [0.5, 0.6) is 0 Å². The van der Waals surface area contributed by atoms with Crippen LogP contribution in [0.1, 0.15) is 31.7 Å². The van der Waals surface area contributed by atoms with E-state index in [0.29, 0.717) is 5.92 Å². The highest BCUT2D eigenvalue weighted by Crippen LogP contribution is 2.20. The maximum atomic E-state index is 10.8. The van der Waals surface area contributed by atoms with E-state index in [-0.39, 0.29) is 5.92 Å². The van der Waals surface area contributed by atoms with Gasteiger partial charge in [0, 0.05) is 5.92 Å². The van der Waals surface area contributed by atoms with Crippen LogP contribution in [0.2, 0.25) is 0 Å². The molecule has 0 amide bonds. The van der Waals surface area contributed by atoms with E-state index in [4.69, 9.17) is 0 Å². The lowest BCUT2D eigenvalue weighted by atomic mass is 9.92. The predicted molar refractivity (Wildman–Crippen MR) is 54.7 cm³/mol. The van der Waals surface area contributed by atoms with Gasteiger partial charge in [0.15, 0.2) is 0 Å². The molecule has 1 aromatic rings. The quantitative estimate of drug-likeness (QED) is 0.644. The van der Waals surface area contributed by atoms with Crippen molar-refractivity contribution < 1.29 is 4.79 Å². The summed E-state index contributed by atoms with van der Waals surface area (Å²) in [5.74, 6) is 0.636. The minimum absolute atomic E-state index is 0.0706. The molecule has 0 radical (unpaired) electrons. The largest absolute Gasteiger partial charge is 0.303 e. The van der Waals surface area contributed by atoms with E-state index >= 15 is 0 Å². The van der Waals surface area contributed by atoms with Crippen molar-refractivity contribution in [3.63, 3.8) is 0 Å². The zero-order chi connectivity index (χ0) is 9.68. The number of aldehydes is 1. The van der Waals surface area contributed by atoms with Crippen molar-refractivity contribution in [2.45, 2.75) is 26.2 Å². The lowest BCUT2D eigenvalue weighted by Crippen LogP contribution is -2.03. The second-order valence-electron chi connectivity index (χ2n) is 3.78. The zero-order valence-electron chi connectivity index (χ0n) is 8.23. The smallest absolute Gasteiger partial charge is 0.127 e. The molecule has 0 bridgehead atoms. The molecule has 0 aliphatic heterocycles. The fourth-order valence-corrected chi connectivity index (χ4v) is 1.48. The van der Waals surface area contributed by atoms with Crippen LogP contribution in [0.25, 0.3) is 0 Å². The number of rotatable bonds is 4. The molecule has 0 saturated carbocycles. The van der Waals surface area contributed by atoms with Crippen molar-refractivity contribution >= 4 is 6.29 Å². The van der Waals surface area contributed by atoms with Gasteiger partial charge >= 0.3 is 0 Å². The Bertz CT molecular complexity index is 251. The van der Waals surface area contributed by atoms with E-state index in [0.717, 1.165) is 18.3 Å². The molecule has 0 saturated heterocycles. The van der Waals surface area contributed by atoms with Crippen LogP contribution in [0.15, 0.2) is 30.3 Å². The topological polar surface area (TPSA) is 17.1 Å². The average molecular weight is 176 g/mol. The lowest BCUT2D eigenvalue weighted by molar-refractivity contribution is -0.109. The van der Waals surface area contributed by atoms with E-state index in [9.17, 15) is 4.79 Å². The Balaban J connectivity index is 2.73. The second kappa shape index (κ2) is 4.80. The summed E-state index contributed by atoms with van der Waals surface area (Å²) in [6, 6.07) is 9.96. The molecule has 0 fully saturated rings. The molecule has 1 nitrogen and oxygen atoms in total. The number of carbonyl (C=O) groups excluding carboxylic acids is 1. The van der Waals surface area contributed by atoms with Gasteiger partial charge in [0.05, 0.1) is 0 Å². The van der Waals surface area contributed by atoms with E-state index in [1.54, 1.807) is 0 Å². The Kier molecular flexibility index (Phi) is 3.69. The number of hydrogen-bond donors (Lipinski definition) is 0. The Labute approximate surface area is 79.8 Å². The van der Waals surface area contributed by atoms with E-state index in [1.807, 2.05) is 30.3 Å². The van der Waals surface area contributed by atoms with Crippen molar-refractivity contribution in [3.8, 4) is 0 Å². The van der Waals surface area contributed by atoms with Crippen LogP contribution in [0, 0.1) is 5.92 Å². The predicted octanol–water partition coefficient (Wildman–Crippen LogP) is 3.02. The first-order valence-electron chi connectivity index (χ1n) is 4.74. The minimum Gasteiger partial charge on any atom is -0.303 e. The van der Waals surface area contributed by atoms with Gasteiger partial charge in [-0.05, 0) is 17.9 Å². The van der Waals surface area contributed by atoms with E-state index in [2.05, 4.69) is 13.8 Å². The first kappa shape index (κ1) is 9.97. The third-order valence-corrected chi connectivity index (χ3v) is 2.12. The van der Waals surface area contributed by atoms with Gasteiger partial charge in [0.2, 0.25) is 0 Å². The van der Waals surface area contributed by atoms with Crippen LogP contribution >= 0.6 is 0 Å². The highest BCUT2D eigenvalue weighted by Gasteiger charge is 2.11. The molecule has 13 heavy (non-hydrogen) atoms. The zero-order valence-corrected chi connectivity index (χ0v) is 8.23. The third kappa shape index (κ3) is 3.02. The van der Waals surface area contributed by atoms with Crippen molar-refractivity contribution in [2.24, 2.45) is 5.92 Å². The monoisotopic (exact) mass is 176 g/mol. The van der Waals surface area contributed by atoms with Gasteiger partial charge in [-0.25, -0.2) is 0 Å². The molecule has 0 N–H and O–H groups in total. The number of carbonyl (C=O) groups is 1. The first-order chi connectivity index (χ1) is 6.24. The van der Waals surface area contributed by atoms with Crippen LogP contribution in [0.3, 0.4) is 0 Å². The minimum atomic E-state index is 0.0706. The third-order valence-electron chi connectivity index (χ3n) is 2.12. The molecule has 1 rings (SSSR count). The van der Waals surface area contributed by atoms with Gasteiger partial charge < -0.3 is 4.79 Å². The second-order valence-corrected chi connectivity index (χ2v) is 3.78. The van der Waals surface area contributed by atoms with Gasteiger partial charge in [-0.1, -0.05) is 44.2 Å². The molecule has 0 spiro atoms. The number of hydrogen-bond acceptors (Lipinski definition) is 1. The van der Waals surface area contributed by atoms with Crippen molar-refractivity contribution in [2.75, 3.05) is 0 Å². The summed E-state index contributed by atoms with van der Waals surface area (Å²) in [5.41, 5.74) is 1.13. The summed E-state index contributed by atoms with van der Waals surface area (Å²) in [7, 11) is 0. The summed E-state index contributed by atoms with van der Waals surface area (Å²) < 4.78 is 0. The van der Waals surface area contributed by atoms with Gasteiger partial charge in [-0.2, -0.15) is 0 Å². The normalized spacial score (nSPS) is 12.8. The van der Waals surface area contributed by atoms with Crippen LogP contribution in [0.4, 0.5) is 0 Å². The molecule has 0 heterocycles. The number of benzene rings is 1. The summed E-state index contributed by atoms with van der Waals surface area (Å²) in [6.07, 6.45) is 1.99. The Morgan fingerprint density at radius 1 is 1.23 bits per heavy atom. The maximum absolute atomic E-state index is 10.8. The SMILES string of the molecule is CC(C)C[C@H](C=O)c1ccccc1. The van der Waals surface area contributed by atoms with Crippen molar-refractivity contribution in [3.05, 3.63) is 35.9 Å². The Morgan fingerprint density at radius 3 is 2.31 bits per heavy atom. The fourth-order valence-electron chi connectivity index (χ4n) is 1.48. The fraction of sp³-hybridized carbons (Fsp3) is 0.417. The van der Waals surface area contributed by atoms with Crippen molar-refractivity contribution in [1.29, 1.82) is 0 Å². The Hall–Kier alpha value is -1.11.